The van der Waals surface area contributed by atoms with E-state index in [0.29, 0.717) is 5.82 Å². The standard InChI is InChI=1S/C17H20F2N4O/c18-13-3-1-4-14(19)17(13)15-5-6-16(22-21-15)20-7-9-23-8-2-11-24-12-10-23/h1,3-6H,2,7-12H2,(H,20,22). The maximum atomic E-state index is 13.7. The summed E-state index contributed by atoms with van der Waals surface area (Å²) in [6.07, 6.45) is 1.04. The van der Waals surface area contributed by atoms with Crippen molar-refractivity contribution in [2.75, 3.05) is 44.7 Å². The molecule has 1 aliphatic rings. The summed E-state index contributed by atoms with van der Waals surface area (Å²) < 4.78 is 32.9. The van der Waals surface area contributed by atoms with E-state index in [1.54, 1.807) is 12.1 Å². The lowest BCUT2D eigenvalue weighted by Gasteiger charge is -2.19. The Kier molecular flexibility index (Phi) is 5.66. The Morgan fingerprint density at radius 2 is 1.88 bits per heavy atom. The van der Waals surface area contributed by atoms with Crippen molar-refractivity contribution in [2.24, 2.45) is 0 Å². The van der Waals surface area contributed by atoms with Gasteiger partial charge in [0.25, 0.3) is 0 Å². The number of halogens is 2. The molecule has 0 atom stereocenters. The predicted molar refractivity (Wildman–Crippen MR) is 87.7 cm³/mol. The third-order valence-corrected chi connectivity index (χ3v) is 3.93. The van der Waals surface area contributed by atoms with Crippen LogP contribution in [-0.4, -0.2) is 54.5 Å². The van der Waals surface area contributed by atoms with Crippen LogP contribution in [-0.2, 0) is 4.74 Å². The first kappa shape index (κ1) is 16.7. The monoisotopic (exact) mass is 334 g/mol. The molecule has 3 rings (SSSR count). The summed E-state index contributed by atoms with van der Waals surface area (Å²) in [6, 6.07) is 6.98. The van der Waals surface area contributed by atoms with Gasteiger partial charge in [0.2, 0.25) is 0 Å². The Balaban J connectivity index is 1.57. The molecule has 1 aliphatic heterocycles. The smallest absolute Gasteiger partial charge is 0.148 e. The van der Waals surface area contributed by atoms with Crippen molar-refractivity contribution in [1.82, 2.24) is 15.1 Å². The van der Waals surface area contributed by atoms with Crippen molar-refractivity contribution in [3.8, 4) is 11.3 Å². The maximum Gasteiger partial charge on any atom is 0.148 e. The van der Waals surface area contributed by atoms with Gasteiger partial charge in [-0.05, 0) is 30.7 Å². The second kappa shape index (κ2) is 8.12. The Hall–Kier alpha value is -2.12. The average Bonchev–Trinajstić information content (AvgIpc) is 2.85. The maximum absolute atomic E-state index is 13.7. The molecule has 1 aromatic heterocycles. The Bertz CT molecular complexity index is 638. The van der Waals surface area contributed by atoms with E-state index in [1.807, 2.05) is 0 Å². The average molecular weight is 334 g/mol. The number of nitrogens with one attached hydrogen (secondary N) is 1. The molecule has 0 spiro atoms. The highest BCUT2D eigenvalue weighted by molar-refractivity contribution is 5.61. The molecule has 0 bridgehead atoms. The lowest BCUT2D eigenvalue weighted by molar-refractivity contribution is 0.142. The first-order chi connectivity index (χ1) is 11.7. The fourth-order valence-electron chi connectivity index (χ4n) is 2.67. The Morgan fingerprint density at radius 3 is 2.62 bits per heavy atom. The number of hydrogen-bond acceptors (Lipinski definition) is 5. The molecule has 1 fully saturated rings. The van der Waals surface area contributed by atoms with E-state index in [1.165, 1.54) is 18.2 Å². The van der Waals surface area contributed by atoms with E-state index in [2.05, 4.69) is 20.4 Å². The second-order valence-electron chi connectivity index (χ2n) is 5.63. The largest absolute Gasteiger partial charge is 0.380 e. The van der Waals surface area contributed by atoms with Gasteiger partial charge in [0.15, 0.2) is 0 Å². The molecule has 5 nitrogen and oxygen atoms in total. The molecular weight excluding hydrogens is 314 g/mol. The van der Waals surface area contributed by atoms with Gasteiger partial charge in [0, 0.05) is 32.8 Å². The molecular formula is C17H20F2N4O. The van der Waals surface area contributed by atoms with Crippen LogP contribution in [0.1, 0.15) is 6.42 Å². The van der Waals surface area contributed by atoms with Gasteiger partial charge in [-0.3, -0.25) is 4.90 Å². The van der Waals surface area contributed by atoms with Crippen molar-refractivity contribution >= 4 is 5.82 Å². The van der Waals surface area contributed by atoms with Gasteiger partial charge in [-0.1, -0.05) is 6.07 Å². The van der Waals surface area contributed by atoms with Gasteiger partial charge in [-0.15, -0.1) is 10.2 Å². The van der Waals surface area contributed by atoms with Crippen LogP contribution in [0.5, 0.6) is 0 Å². The van der Waals surface area contributed by atoms with Crippen LogP contribution in [0.4, 0.5) is 14.6 Å². The minimum Gasteiger partial charge on any atom is -0.380 e. The van der Waals surface area contributed by atoms with Crippen LogP contribution in [0.15, 0.2) is 30.3 Å². The summed E-state index contributed by atoms with van der Waals surface area (Å²) in [6.45, 7) is 5.15. The summed E-state index contributed by atoms with van der Waals surface area (Å²) in [4.78, 5) is 2.33. The molecule has 0 saturated carbocycles. The highest BCUT2D eigenvalue weighted by Crippen LogP contribution is 2.23. The molecule has 2 heterocycles. The Labute approximate surface area is 139 Å². The first-order valence-electron chi connectivity index (χ1n) is 8.06. The zero-order valence-electron chi connectivity index (χ0n) is 13.3. The van der Waals surface area contributed by atoms with Crippen molar-refractivity contribution in [1.29, 1.82) is 0 Å². The summed E-state index contributed by atoms with van der Waals surface area (Å²) in [7, 11) is 0. The van der Waals surface area contributed by atoms with Crippen LogP contribution < -0.4 is 5.32 Å². The molecule has 1 N–H and O–H groups in total. The number of hydrogen-bond donors (Lipinski definition) is 1. The minimum absolute atomic E-state index is 0.152. The quantitative estimate of drug-likeness (QED) is 0.911. The number of nitrogens with zero attached hydrogens (tertiary/aromatic N) is 3. The van der Waals surface area contributed by atoms with Crippen LogP contribution in [0.2, 0.25) is 0 Å². The van der Waals surface area contributed by atoms with Crippen molar-refractivity contribution < 1.29 is 13.5 Å². The minimum atomic E-state index is -0.645. The van der Waals surface area contributed by atoms with Crippen molar-refractivity contribution in [2.45, 2.75) is 6.42 Å². The van der Waals surface area contributed by atoms with E-state index in [4.69, 9.17) is 4.74 Å². The van der Waals surface area contributed by atoms with Crippen LogP contribution >= 0.6 is 0 Å². The number of anilines is 1. The van der Waals surface area contributed by atoms with Gasteiger partial charge in [0.05, 0.1) is 17.9 Å². The van der Waals surface area contributed by atoms with Crippen molar-refractivity contribution in [3.63, 3.8) is 0 Å². The van der Waals surface area contributed by atoms with Gasteiger partial charge in [0.1, 0.15) is 17.5 Å². The van der Waals surface area contributed by atoms with Gasteiger partial charge in [-0.25, -0.2) is 8.78 Å². The van der Waals surface area contributed by atoms with Crippen LogP contribution in [0.3, 0.4) is 0 Å². The lowest BCUT2D eigenvalue weighted by atomic mass is 10.1. The molecule has 0 radical (unpaired) electrons. The highest BCUT2D eigenvalue weighted by atomic mass is 19.1. The summed E-state index contributed by atoms with van der Waals surface area (Å²) in [5.74, 6) is -0.705. The van der Waals surface area contributed by atoms with Gasteiger partial charge < -0.3 is 10.1 Å². The molecule has 0 unspecified atom stereocenters. The third kappa shape index (κ3) is 4.24. The zero-order valence-corrected chi connectivity index (χ0v) is 13.3. The third-order valence-electron chi connectivity index (χ3n) is 3.93. The number of aromatic nitrogens is 2. The predicted octanol–water partition coefficient (Wildman–Crippen LogP) is 2.56. The van der Waals surface area contributed by atoms with Crippen LogP contribution in [0.25, 0.3) is 11.3 Å². The molecule has 7 heteroatoms. The summed E-state index contributed by atoms with van der Waals surface area (Å²) in [5.41, 5.74) is 0.0296. The van der Waals surface area contributed by atoms with Gasteiger partial charge in [-0.2, -0.15) is 0 Å². The SMILES string of the molecule is Fc1cccc(F)c1-c1ccc(NCCN2CCCOCC2)nn1. The molecule has 1 saturated heterocycles. The van der Waals surface area contributed by atoms with Gasteiger partial charge >= 0.3 is 0 Å². The van der Waals surface area contributed by atoms with E-state index in [-0.39, 0.29) is 11.3 Å². The molecule has 2 aromatic rings. The molecule has 1 aromatic carbocycles. The number of ether oxygens (including phenoxy) is 1. The summed E-state index contributed by atoms with van der Waals surface area (Å²) >= 11 is 0. The summed E-state index contributed by atoms with van der Waals surface area (Å²) in [5, 5.41) is 11.1. The van der Waals surface area contributed by atoms with E-state index in [0.717, 1.165) is 45.8 Å². The first-order valence-corrected chi connectivity index (χ1v) is 8.06. The van der Waals surface area contributed by atoms with E-state index < -0.39 is 11.6 Å². The normalized spacial score (nSPS) is 15.9. The Morgan fingerprint density at radius 1 is 1.04 bits per heavy atom. The van der Waals surface area contributed by atoms with E-state index in [9.17, 15) is 8.78 Å². The fraction of sp³-hybridized carbons (Fsp3) is 0.412. The number of benzene rings is 1. The van der Waals surface area contributed by atoms with Crippen LogP contribution in [0, 0.1) is 11.6 Å². The fourth-order valence-corrected chi connectivity index (χ4v) is 2.67. The van der Waals surface area contributed by atoms with Crippen molar-refractivity contribution in [3.05, 3.63) is 42.0 Å². The zero-order chi connectivity index (χ0) is 16.8. The molecule has 24 heavy (non-hydrogen) atoms. The topological polar surface area (TPSA) is 50.3 Å². The number of rotatable bonds is 5. The molecule has 0 amide bonds. The highest BCUT2D eigenvalue weighted by Gasteiger charge is 2.13. The van der Waals surface area contributed by atoms with E-state index >= 15 is 0 Å². The lowest BCUT2D eigenvalue weighted by Crippen LogP contribution is -2.31. The second-order valence-corrected chi connectivity index (χ2v) is 5.63. The molecule has 128 valence electrons. The molecule has 0 aliphatic carbocycles.